The van der Waals surface area contributed by atoms with Crippen molar-refractivity contribution in [3.05, 3.63) is 42.5 Å². The monoisotopic (exact) mass is 314 g/mol. The van der Waals surface area contributed by atoms with Gasteiger partial charge in [-0.25, -0.2) is 9.67 Å². The number of alkyl halides is 3. The Kier molecular flexibility index (Phi) is 5.10. The van der Waals surface area contributed by atoms with Crippen LogP contribution in [0.2, 0.25) is 0 Å². The van der Waals surface area contributed by atoms with E-state index in [1.54, 1.807) is 35.3 Å². The Hall–Kier alpha value is -2.42. The molecule has 1 aromatic carbocycles. The number of carbonyl (C=O) groups is 1. The lowest BCUT2D eigenvalue weighted by atomic mass is 10.2. The number of aromatic nitrogens is 3. The topological polar surface area (TPSA) is 69.0 Å². The van der Waals surface area contributed by atoms with Gasteiger partial charge in [0.05, 0.1) is 6.54 Å². The van der Waals surface area contributed by atoms with E-state index < -0.39 is 25.3 Å². The van der Waals surface area contributed by atoms with Crippen molar-refractivity contribution in [2.75, 3.05) is 18.5 Å². The van der Waals surface area contributed by atoms with E-state index in [9.17, 15) is 18.0 Å². The summed E-state index contributed by atoms with van der Waals surface area (Å²) in [5.41, 5.74) is 1.42. The van der Waals surface area contributed by atoms with Crippen LogP contribution in [0.4, 0.5) is 18.9 Å². The van der Waals surface area contributed by atoms with Crippen molar-refractivity contribution in [1.29, 1.82) is 0 Å². The normalized spacial score (nSPS) is 11.4. The molecule has 1 heterocycles. The number of rotatable bonds is 6. The average Bonchev–Trinajstić information content (AvgIpc) is 2.92. The van der Waals surface area contributed by atoms with Crippen molar-refractivity contribution < 1.29 is 22.7 Å². The molecule has 0 saturated carbocycles. The van der Waals surface area contributed by atoms with Crippen LogP contribution >= 0.6 is 0 Å². The van der Waals surface area contributed by atoms with Crippen molar-refractivity contribution in [2.45, 2.75) is 12.7 Å². The standard InChI is InChI=1S/C13H13F3N4O2/c14-13(15,16)7-22-6-12(21)19-11-3-1-10(2-4-11)5-20-9-17-8-18-20/h1-4,8-9H,5-7H2,(H,19,21). The molecule has 0 fully saturated rings. The lowest BCUT2D eigenvalue weighted by Gasteiger charge is -2.09. The fourth-order valence-electron chi connectivity index (χ4n) is 1.65. The Morgan fingerprint density at radius 3 is 2.59 bits per heavy atom. The van der Waals surface area contributed by atoms with E-state index in [4.69, 9.17) is 0 Å². The summed E-state index contributed by atoms with van der Waals surface area (Å²) in [6.07, 6.45) is -1.44. The van der Waals surface area contributed by atoms with Crippen LogP contribution in [0.25, 0.3) is 0 Å². The van der Waals surface area contributed by atoms with Crippen LogP contribution in [0.5, 0.6) is 0 Å². The van der Waals surface area contributed by atoms with E-state index in [0.717, 1.165) is 5.56 Å². The highest BCUT2D eigenvalue weighted by Gasteiger charge is 2.27. The smallest absolute Gasteiger partial charge is 0.362 e. The van der Waals surface area contributed by atoms with E-state index in [1.165, 1.54) is 6.33 Å². The molecule has 118 valence electrons. The zero-order valence-corrected chi connectivity index (χ0v) is 11.4. The van der Waals surface area contributed by atoms with Crippen molar-refractivity contribution in [1.82, 2.24) is 14.8 Å². The number of hydrogen-bond donors (Lipinski definition) is 1. The van der Waals surface area contributed by atoms with E-state index >= 15 is 0 Å². The molecule has 0 bridgehead atoms. The van der Waals surface area contributed by atoms with Gasteiger partial charge in [0.2, 0.25) is 5.91 Å². The second kappa shape index (κ2) is 7.03. The van der Waals surface area contributed by atoms with Gasteiger partial charge in [-0.1, -0.05) is 12.1 Å². The van der Waals surface area contributed by atoms with Gasteiger partial charge in [-0.2, -0.15) is 18.3 Å². The van der Waals surface area contributed by atoms with Crippen LogP contribution < -0.4 is 5.32 Å². The number of anilines is 1. The summed E-state index contributed by atoms with van der Waals surface area (Å²) in [6, 6.07) is 6.84. The number of hydrogen-bond acceptors (Lipinski definition) is 4. The average molecular weight is 314 g/mol. The number of nitrogens with zero attached hydrogens (tertiary/aromatic N) is 3. The number of carbonyl (C=O) groups excluding carboxylic acids is 1. The highest BCUT2D eigenvalue weighted by molar-refractivity contribution is 5.91. The predicted octanol–water partition coefficient (Wildman–Crippen LogP) is 1.84. The van der Waals surface area contributed by atoms with Gasteiger partial charge in [-0.3, -0.25) is 4.79 Å². The van der Waals surface area contributed by atoms with Crippen molar-refractivity contribution in [3.63, 3.8) is 0 Å². The molecule has 9 heteroatoms. The quantitative estimate of drug-likeness (QED) is 0.883. The Balaban J connectivity index is 1.79. The molecule has 1 N–H and O–H groups in total. The summed E-state index contributed by atoms with van der Waals surface area (Å²) >= 11 is 0. The largest absolute Gasteiger partial charge is 0.411 e. The third-order valence-corrected chi connectivity index (χ3v) is 2.55. The van der Waals surface area contributed by atoms with Crippen LogP contribution in [0.1, 0.15) is 5.56 Å². The van der Waals surface area contributed by atoms with Gasteiger partial charge >= 0.3 is 6.18 Å². The molecule has 2 aromatic rings. The number of nitrogens with one attached hydrogen (secondary N) is 1. The van der Waals surface area contributed by atoms with Crippen LogP contribution in [0, 0.1) is 0 Å². The second-order valence-electron chi connectivity index (χ2n) is 4.45. The van der Waals surface area contributed by atoms with Gasteiger partial charge in [-0.15, -0.1) is 0 Å². The predicted molar refractivity (Wildman–Crippen MR) is 71.1 cm³/mol. The molecule has 0 radical (unpaired) electrons. The Morgan fingerprint density at radius 1 is 1.27 bits per heavy atom. The van der Waals surface area contributed by atoms with E-state index in [0.29, 0.717) is 12.2 Å². The molecule has 0 aliphatic rings. The molecular formula is C13H13F3N4O2. The van der Waals surface area contributed by atoms with Crippen molar-refractivity contribution in [2.24, 2.45) is 0 Å². The number of benzene rings is 1. The van der Waals surface area contributed by atoms with E-state index in [-0.39, 0.29) is 0 Å². The molecule has 0 aliphatic carbocycles. The van der Waals surface area contributed by atoms with E-state index in [2.05, 4.69) is 20.1 Å². The Bertz CT molecular complexity index is 597. The minimum Gasteiger partial charge on any atom is -0.362 e. The molecule has 1 amide bonds. The van der Waals surface area contributed by atoms with Gasteiger partial charge in [0.1, 0.15) is 25.9 Å². The fraction of sp³-hybridized carbons (Fsp3) is 0.308. The third-order valence-electron chi connectivity index (χ3n) is 2.55. The van der Waals surface area contributed by atoms with Gasteiger partial charge in [0.15, 0.2) is 0 Å². The molecule has 0 spiro atoms. The molecule has 0 atom stereocenters. The molecule has 0 unspecified atom stereocenters. The van der Waals surface area contributed by atoms with Crippen LogP contribution in [0.15, 0.2) is 36.9 Å². The Labute approximate surface area is 123 Å². The molecule has 1 aromatic heterocycles. The first-order valence-electron chi connectivity index (χ1n) is 6.28. The van der Waals surface area contributed by atoms with Gasteiger partial charge in [0.25, 0.3) is 0 Å². The Morgan fingerprint density at radius 2 is 2.00 bits per heavy atom. The van der Waals surface area contributed by atoms with Crippen LogP contribution in [-0.4, -0.2) is 40.1 Å². The van der Waals surface area contributed by atoms with Gasteiger partial charge in [-0.05, 0) is 17.7 Å². The SMILES string of the molecule is O=C(COCC(F)(F)F)Nc1ccc(Cn2cncn2)cc1. The molecule has 0 saturated heterocycles. The highest BCUT2D eigenvalue weighted by Crippen LogP contribution is 2.14. The van der Waals surface area contributed by atoms with E-state index in [1.807, 2.05) is 0 Å². The summed E-state index contributed by atoms with van der Waals surface area (Å²) in [5, 5.41) is 6.41. The lowest BCUT2D eigenvalue weighted by Crippen LogP contribution is -2.23. The van der Waals surface area contributed by atoms with Crippen LogP contribution in [0.3, 0.4) is 0 Å². The number of halogens is 3. The molecular weight excluding hydrogens is 301 g/mol. The molecule has 0 aliphatic heterocycles. The lowest BCUT2D eigenvalue weighted by molar-refractivity contribution is -0.174. The maximum atomic E-state index is 11.9. The first-order valence-corrected chi connectivity index (χ1v) is 6.28. The van der Waals surface area contributed by atoms with Gasteiger partial charge < -0.3 is 10.1 Å². The minimum absolute atomic E-state index is 0.475. The maximum Gasteiger partial charge on any atom is 0.411 e. The zero-order valence-electron chi connectivity index (χ0n) is 11.4. The minimum atomic E-state index is -4.44. The van der Waals surface area contributed by atoms with Crippen LogP contribution in [-0.2, 0) is 16.1 Å². The first-order chi connectivity index (χ1) is 10.4. The summed E-state index contributed by atoms with van der Waals surface area (Å²) in [6.45, 7) is -1.57. The van der Waals surface area contributed by atoms with Gasteiger partial charge in [0, 0.05) is 5.69 Å². The summed E-state index contributed by atoms with van der Waals surface area (Å²) in [5.74, 6) is -0.645. The number of amides is 1. The second-order valence-corrected chi connectivity index (χ2v) is 4.45. The molecule has 22 heavy (non-hydrogen) atoms. The summed E-state index contributed by atoms with van der Waals surface area (Å²) in [7, 11) is 0. The fourth-order valence-corrected chi connectivity index (χ4v) is 1.65. The van der Waals surface area contributed by atoms with Crippen molar-refractivity contribution in [3.8, 4) is 0 Å². The molecule has 6 nitrogen and oxygen atoms in total. The number of ether oxygens (including phenoxy) is 1. The zero-order chi connectivity index (χ0) is 16.0. The summed E-state index contributed by atoms with van der Waals surface area (Å²) in [4.78, 5) is 15.2. The summed E-state index contributed by atoms with van der Waals surface area (Å²) < 4.78 is 41.5. The maximum absolute atomic E-state index is 11.9. The molecule has 2 rings (SSSR count). The highest BCUT2D eigenvalue weighted by atomic mass is 19.4. The van der Waals surface area contributed by atoms with Crippen molar-refractivity contribution >= 4 is 11.6 Å². The first kappa shape index (κ1) is 16.0. The third kappa shape index (κ3) is 5.52.